The van der Waals surface area contributed by atoms with Crippen molar-refractivity contribution in [3.63, 3.8) is 0 Å². The highest BCUT2D eigenvalue weighted by atomic mass is 16.5. The van der Waals surface area contributed by atoms with E-state index in [-0.39, 0.29) is 16.5 Å². The first-order valence-electron chi connectivity index (χ1n) is 20.6. The second-order valence-corrected chi connectivity index (χ2v) is 14.1. The Kier molecular flexibility index (Phi) is 35.4. The third kappa shape index (κ3) is 38.5. The molecule has 0 heterocycles. The molecule has 284 valence electrons. The van der Waals surface area contributed by atoms with Crippen molar-refractivity contribution in [2.75, 3.05) is 33.2 Å². The Balaban J connectivity index is 3.57. The van der Waals surface area contributed by atoms with Crippen LogP contribution < -0.4 is 10.6 Å². The van der Waals surface area contributed by atoms with Gasteiger partial charge < -0.3 is 20.5 Å². The Morgan fingerprint density at radius 3 is 1.16 bits per heavy atom. The van der Waals surface area contributed by atoms with Crippen LogP contribution in [-0.2, 0) is 9.59 Å². The average molecular weight is 686 g/mol. The molecule has 0 rings (SSSR count). The minimum atomic E-state index is -0.332. The van der Waals surface area contributed by atoms with Crippen molar-refractivity contribution in [1.82, 2.24) is 10.6 Å². The summed E-state index contributed by atoms with van der Waals surface area (Å²) in [5.41, 5.74) is 0. The first-order chi connectivity index (χ1) is 23.9. The van der Waals surface area contributed by atoms with Crippen LogP contribution in [0.15, 0.2) is 48.6 Å². The second kappa shape index (κ2) is 37.1. The Morgan fingerprint density at radius 2 is 0.796 bits per heavy atom. The molecular weight excluding hydrogens is 606 g/mol. The molecule has 0 aliphatic carbocycles. The van der Waals surface area contributed by atoms with E-state index >= 15 is 0 Å². The maximum absolute atomic E-state index is 12.7. The highest BCUT2D eigenvalue weighted by molar-refractivity contribution is 5.76. The maximum atomic E-state index is 12.7. The Labute approximate surface area is 303 Å². The zero-order valence-electron chi connectivity index (χ0n) is 32.5. The molecule has 0 aromatic heterocycles. The van der Waals surface area contributed by atoms with Gasteiger partial charge in [0.1, 0.15) is 0 Å². The fourth-order valence-corrected chi connectivity index (χ4v) is 5.77. The number of nitrogens with zero attached hydrogens (tertiary/aromatic N) is 1. The van der Waals surface area contributed by atoms with E-state index < -0.39 is 0 Å². The van der Waals surface area contributed by atoms with Crippen LogP contribution in [0.2, 0.25) is 0 Å². The summed E-state index contributed by atoms with van der Waals surface area (Å²) in [6.45, 7) is 6.54. The normalized spacial score (nSPS) is 13.3. The first-order valence-corrected chi connectivity index (χ1v) is 20.6. The topological polar surface area (TPSA) is 81.3 Å². The molecule has 0 radical (unpaired) electrons. The van der Waals surface area contributed by atoms with E-state index in [2.05, 4.69) is 73.1 Å². The van der Waals surface area contributed by atoms with Gasteiger partial charge >= 0.3 is 0 Å². The summed E-state index contributed by atoms with van der Waals surface area (Å²) in [5.74, 6) is 0.190. The van der Waals surface area contributed by atoms with Gasteiger partial charge in [0, 0.05) is 38.8 Å². The lowest BCUT2D eigenvalue weighted by molar-refractivity contribution is -0.860. The summed E-state index contributed by atoms with van der Waals surface area (Å²) in [4.78, 5) is 24.3. The van der Waals surface area contributed by atoms with Crippen molar-refractivity contribution in [1.29, 1.82) is 0 Å². The molecule has 0 aromatic carbocycles. The largest absolute Gasteiger partial charge is 0.633 e. The minimum Gasteiger partial charge on any atom is -0.633 e. The van der Waals surface area contributed by atoms with Gasteiger partial charge in [0.2, 0.25) is 11.8 Å². The predicted molar refractivity (Wildman–Crippen MR) is 213 cm³/mol. The Bertz CT molecular complexity index is 794. The van der Waals surface area contributed by atoms with Gasteiger partial charge in [-0.3, -0.25) is 9.59 Å². The van der Waals surface area contributed by atoms with Gasteiger partial charge in [0.05, 0.1) is 20.1 Å². The lowest BCUT2D eigenvalue weighted by atomic mass is 10.1. The number of quaternary nitrogens is 1. The zero-order chi connectivity index (χ0) is 35.9. The number of unbranched alkanes of at least 4 members (excludes halogenated alkanes) is 16. The third-order valence-electron chi connectivity index (χ3n) is 8.97. The Morgan fingerprint density at radius 1 is 0.469 bits per heavy atom. The van der Waals surface area contributed by atoms with Gasteiger partial charge in [-0.05, 0) is 77.0 Å². The molecule has 0 aliphatic heterocycles. The van der Waals surface area contributed by atoms with Crippen molar-refractivity contribution in [2.24, 2.45) is 0 Å². The van der Waals surface area contributed by atoms with Crippen molar-refractivity contribution < 1.29 is 14.2 Å². The van der Waals surface area contributed by atoms with E-state index in [0.29, 0.717) is 51.9 Å². The van der Waals surface area contributed by atoms with Crippen LogP contribution in [0.5, 0.6) is 0 Å². The molecule has 0 aliphatic rings. The fraction of sp³-hybridized carbons (Fsp3) is 0.767. The maximum Gasteiger partial charge on any atom is 0.219 e. The van der Waals surface area contributed by atoms with E-state index in [1.54, 1.807) is 7.05 Å². The minimum absolute atomic E-state index is 0.0950. The molecule has 0 atom stereocenters. The molecule has 2 amide bonds. The highest BCUT2D eigenvalue weighted by Crippen LogP contribution is 2.10. The van der Waals surface area contributed by atoms with Crippen molar-refractivity contribution in [3.8, 4) is 0 Å². The van der Waals surface area contributed by atoms with Crippen LogP contribution in [-0.4, -0.2) is 49.7 Å². The number of hydroxylamine groups is 3. The highest BCUT2D eigenvalue weighted by Gasteiger charge is 2.11. The number of carbonyl (C=O) groups excluding carboxylic acids is 2. The molecular formula is C43H79N3O3. The monoisotopic (exact) mass is 686 g/mol. The van der Waals surface area contributed by atoms with Crippen molar-refractivity contribution in [2.45, 2.75) is 181 Å². The summed E-state index contributed by atoms with van der Waals surface area (Å²) in [5, 5.41) is 18.7. The fourth-order valence-electron chi connectivity index (χ4n) is 5.77. The molecule has 0 saturated heterocycles. The van der Waals surface area contributed by atoms with E-state index in [1.165, 1.54) is 89.9 Å². The summed E-state index contributed by atoms with van der Waals surface area (Å²) < 4.78 is -0.332. The average Bonchev–Trinajstić information content (AvgIpc) is 3.08. The summed E-state index contributed by atoms with van der Waals surface area (Å²) in [7, 11) is 1.69. The van der Waals surface area contributed by atoms with Crippen LogP contribution in [0, 0.1) is 5.21 Å². The Hall–Kier alpha value is -2.18. The lowest BCUT2D eigenvalue weighted by Gasteiger charge is -2.38. The van der Waals surface area contributed by atoms with Gasteiger partial charge in [-0.25, -0.2) is 0 Å². The molecule has 0 saturated carbocycles. The van der Waals surface area contributed by atoms with Crippen LogP contribution >= 0.6 is 0 Å². The molecule has 0 aromatic rings. The second-order valence-electron chi connectivity index (χ2n) is 14.1. The van der Waals surface area contributed by atoms with E-state index in [0.717, 1.165) is 51.4 Å². The summed E-state index contributed by atoms with van der Waals surface area (Å²) in [6, 6.07) is 0. The molecule has 6 nitrogen and oxygen atoms in total. The van der Waals surface area contributed by atoms with Crippen molar-refractivity contribution >= 4 is 11.8 Å². The molecule has 0 fully saturated rings. The van der Waals surface area contributed by atoms with Crippen molar-refractivity contribution in [3.05, 3.63) is 53.8 Å². The van der Waals surface area contributed by atoms with E-state index in [9.17, 15) is 14.8 Å². The summed E-state index contributed by atoms with van der Waals surface area (Å²) >= 11 is 0. The molecule has 0 bridgehead atoms. The first kappa shape index (κ1) is 46.8. The van der Waals surface area contributed by atoms with Crippen LogP contribution in [0.25, 0.3) is 0 Å². The number of hydrogen-bond donors (Lipinski definition) is 2. The molecule has 0 spiro atoms. The molecule has 6 heteroatoms. The number of rotatable bonds is 36. The van der Waals surface area contributed by atoms with Gasteiger partial charge in [0.25, 0.3) is 0 Å². The smallest absolute Gasteiger partial charge is 0.219 e. The summed E-state index contributed by atoms with van der Waals surface area (Å²) in [6.07, 6.45) is 46.7. The molecule has 49 heavy (non-hydrogen) atoms. The van der Waals surface area contributed by atoms with Gasteiger partial charge in [-0.1, -0.05) is 127 Å². The molecule has 0 unspecified atom stereocenters. The number of amides is 2. The number of allylic oxidation sites excluding steroid dienone is 8. The number of nitrogens with one attached hydrogen (secondary N) is 2. The SMILES string of the molecule is CCCCCC=CCC=CCCCCCCCC(=O)NCCC[N+](C)([O-])CCCNC(=O)CCCCCCCC=CCC=CCCCCC. The van der Waals surface area contributed by atoms with Gasteiger partial charge in [-0.15, -0.1) is 0 Å². The standard InChI is InChI=1S/C43H79N3O3/c1-4-6-8-10-12-14-16-18-20-22-24-26-28-30-32-36-42(47)44-38-34-40-46(3,49)41-35-39-45-43(48)37-33-31-29-27-25-23-21-19-17-15-13-11-9-7-5-2/h12-15,18-21H,4-11,16-17,22-41H2,1-3H3,(H,44,47)(H,45,48). The van der Waals surface area contributed by atoms with E-state index in [1.807, 2.05) is 0 Å². The zero-order valence-corrected chi connectivity index (χ0v) is 32.5. The molecule has 2 N–H and O–H groups in total. The number of hydrogen-bond acceptors (Lipinski definition) is 3. The number of carbonyl (C=O) groups is 2. The van der Waals surface area contributed by atoms with Crippen LogP contribution in [0.4, 0.5) is 0 Å². The van der Waals surface area contributed by atoms with Crippen LogP contribution in [0.3, 0.4) is 0 Å². The van der Waals surface area contributed by atoms with Crippen LogP contribution in [0.1, 0.15) is 181 Å². The predicted octanol–water partition coefficient (Wildman–Crippen LogP) is 11.6. The third-order valence-corrected chi connectivity index (χ3v) is 8.97. The lowest BCUT2D eigenvalue weighted by Crippen LogP contribution is -2.42. The van der Waals surface area contributed by atoms with E-state index in [4.69, 9.17) is 0 Å². The van der Waals surface area contributed by atoms with Gasteiger partial charge in [0.15, 0.2) is 0 Å². The van der Waals surface area contributed by atoms with Gasteiger partial charge in [-0.2, -0.15) is 0 Å². The quantitative estimate of drug-likeness (QED) is 0.0298.